The number of amides is 1. The van der Waals surface area contributed by atoms with Crippen molar-refractivity contribution in [2.24, 2.45) is 46.2 Å². The van der Waals surface area contributed by atoms with Crippen LogP contribution in [0.25, 0.3) is 0 Å². The highest BCUT2D eigenvalue weighted by Crippen LogP contribution is 2.67. The van der Waals surface area contributed by atoms with Gasteiger partial charge in [-0.25, -0.2) is 4.79 Å². The summed E-state index contributed by atoms with van der Waals surface area (Å²) < 4.78 is 5.82. The van der Waals surface area contributed by atoms with E-state index in [1.54, 1.807) is 13.8 Å². The lowest BCUT2D eigenvalue weighted by Gasteiger charge is -2.61. The third kappa shape index (κ3) is 3.91. The molecule has 4 rings (SSSR count). The van der Waals surface area contributed by atoms with E-state index in [0.717, 1.165) is 37.5 Å². The Hall–Kier alpha value is -1.43. The number of carbonyl (C=O) groups is 3. The van der Waals surface area contributed by atoms with Gasteiger partial charge >= 0.3 is 5.97 Å². The minimum Gasteiger partial charge on any atom is -0.461 e. The minimum absolute atomic E-state index is 0.0585. The lowest BCUT2D eigenvalue weighted by atomic mass is 9.44. The number of carbonyl (C=O) groups excluding carboxylic acids is 3. The maximum Gasteiger partial charge on any atom is 0.328 e. The SMILES string of the molecule is CC(=O)[C@H]1CC[C@H]2[C@@H]3CC[C@H]4CC(OC(=O)[C@H](C)NC(=O)CN)CC[C@]4(C)[C@H]3CC[C@]12C. The minimum atomic E-state index is -0.664. The van der Waals surface area contributed by atoms with E-state index in [1.165, 1.54) is 32.1 Å². The van der Waals surface area contributed by atoms with Crippen molar-refractivity contribution >= 4 is 17.7 Å². The van der Waals surface area contributed by atoms with Gasteiger partial charge in [-0.15, -0.1) is 0 Å². The van der Waals surface area contributed by atoms with Crippen LogP contribution in [0, 0.1) is 40.4 Å². The first-order valence-corrected chi connectivity index (χ1v) is 12.8. The summed E-state index contributed by atoms with van der Waals surface area (Å²) in [6.07, 6.45) is 10.0. The molecule has 4 aliphatic rings. The molecule has 4 fully saturated rings. The zero-order valence-electron chi connectivity index (χ0n) is 20.3. The second kappa shape index (κ2) is 8.73. The van der Waals surface area contributed by atoms with Crippen molar-refractivity contribution in [2.75, 3.05) is 6.54 Å². The van der Waals surface area contributed by atoms with E-state index >= 15 is 0 Å². The Balaban J connectivity index is 1.40. The van der Waals surface area contributed by atoms with Crippen LogP contribution >= 0.6 is 0 Å². The van der Waals surface area contributed by atoms with E-state index in [1.807, 2.05) is 0 Å². The Bertz CT molecular complexity index is 769. The fourth-order valence-corrected chi connectivity index (χ4v) is 8.62. The van der Waals surface area contributed by atoms with Crippen molar-refractivity contribution < 1.29 is 19.1 Å². The second-order valence-electron chi connectivity index (χ2n) is 11.8. The van der Waals surface area contributed by atoms with Gasteiger partial charge in [0.15, 0.2) is 0 Å². The molecular weight excluding hydrogens is 404 g/mol. The monoisotopic (exact) mass is 446 g/mol. The Morgan fingerprint density at radius 1 is 1.00 bits per heavy atom. The molecule has 9 atom stereocenters. The van der Waals surface area contributed by atoms with Gasteiger partial charge in [0.1, 0.15) is 17.9 Å². The standard InChI is InChI=1S/C26H42N2O4/c1-15(28-23(30)14-27)24(31)32-18-9-11-25(3)17(13-18)5-6-19-21-8-7-20(16(2)29)26(21,4)12-10-22(19)25/h15,17-22H,5-14,27H2,1-4H3,(H,28,30)/t15-,17-,18?,19-,20+,21-,22-,25-,26+/m0/s1. The molecule has 3 N–H and O–H groups in total. The molecule has 4 aliphatic carbocycles. The summed E-state index contributed by atoms with van der Waals surface area (Å²) in [7, 11) is 0. The Morgan fingerprint density at radius 3 is 2.38 bits per heavy atom. The van der Waals surface area contributed by atoms with Crippen LogP contribution in [0.15, 0.2) is 0 Å². The van der Waals surface area contributed by atoms with Crippen LogP contribution in [0.2, 0.25) is 0 Å². The summed E-state index contributed by atoms with van der Waals surface area (Å²) in [6, 6.07) is -0.664. The summed E-state index contributed by atoms with van der Waals surface area (Å²) in [5.41, 5.74) is 5.84. The zero-order chi connectivity index (χ0) is 23.3. The number of rotatable bonds is 5. The molecule has 6 heteroatoms. The molecule has 32 heavy (non-hydrogen) atoms. The van der Waals surface area contributed by atoms with Crippen molar-refractivity contribution in [1.82, 2.24) is 5.32 Å². The molecule has 1 unspecified atom stereocenters. The van der Waals surface area contributed by atoms with E-state index in [-0.39, 0.29) is 35.9 Å². The van der Waals surface area contributed by atoms with E-state index in [9.17, 15) is 14.4 Å². The summed E-state index contributed by atoms with van der Waals surface area (Å²) >= 11 is 0. The van der Waals surface area contributed by atoms with E-state index in [0.29, 0.717) is 23.0 Å². The molecule has 4 saturated carbocycles. The first-order valence-electron chi connectivity index (χ1n) is 12.8. The normalized spacial score (nSPS) is 43.9. The number of ether oxygens (including phenoxy) is 1. The molecule has 0 heterocycles. The van der Waals surface area contributed by atoms with E-state index in [4.69, 9.17) is 10.5 Å². The number of hydrogen-bond donors (Lipinski definition) is 2. The van der Waals surface area contributed by atoms with Gasteiger partial charge in [0, 0.05) is 5.92 Å². The maximum atomic E-state index is 12.5. The largest absolute Gasteiger partial charge is 0.461 e. The molecule has 0 aliphatic heterocycles. The van der Waals surface area contributed by atoms with Gasteiger partial charge in [-0.05, 0) is 106 Å². The molecule has 0 aromatic rings. The number of ketones is 1. The van der Waals surface area contributed by atoms with Crippen molar-refractivity contribution in [3.63, 3.8) is 0 Å². The fraction of sp³-hybridized carbons (Fsp3) is 0.885. The summed E-state index contributed by atoms with van der Waals surface area (Å²) in [6.45, 7) is 8.23. The number of fused-ring (bicyclic) bond motifs is 5. The molecule has 180 valence electrons. The first-order chi connectivity index (χ1) is 15.1. The third-order valence-corrected chi connectivity index (χ3v) is 10.3. The van der Waals surface area contributed by atoms with Gasteiger partial charge in [-0.3, -0.25) is 9.59 Å². The van der Waals surface area contributed by atoms with E-state index < -0.39 is 6.04 Å². The van der Waals surface area contributed by atoms with Crippen LogP contribution in [0.4, 0.5) is 0 Å². The average molecular weight is 447 g/mol. The highest BCUT2D eigenvalue weighted by Gasteiger charge is 2.60. The smallest absolute Gasteiger partial charge is 0.328 e. The van der Waals surface area contributed by atoms with Crippen molar-refractivity contribution in [1.29, 1.82) is 0 Å². The summed E-state index contributed by atoms with van der Waals surface area (Å²) in [4.78, 5) is 36.3. The van der Waals surface area contributed by atoms with E-state index in [2.05, 4.69) is 19.2 Å². The van der Waals surface area contributed by atoms with Crippen LogP contribution < -0.4 is 11.1 Å². The Labute approximate surface area is 192 Å². The van der Waals surface area contributed by atoms with Gasteiger partial charge in [-0.1, -0.05) is 13.8 Å². The van der Waals surface area contributed by atoms with Gasteiger partial charge in [0.25, 0.3) is 0 Å². The summed E-state index contributed by atoms with van der Waals surface area (Å²) in [5, 5.41) is 2.59. The number of nitrogens with two attached hydrogens (primary N) is 1. The highest BCUT2D eigenvalue weighted by molar-refractivity contribution is 5.85. The van der Waals surface area contributed by atoms with Crippen molar-refractivity contribution in [2.45, 2.75) is 97.6 Å². The van der Waals surface area contributed by atoms with Gasteiger partial charge in [-0.2, -0.15) is 0 Å². The quantitative estimate of drug-likeness (QED) is 0.629. The first kappa shape index (κ1) is 23.7. The van der Waals surface area contributed by atoms with Crippen LogP contribution in [0.5, 0.6) is 0 Å². The van der Waals surface area contributed by atoms with Crippen LogP contribution in [0.1, 0.15) is 85.5 Å². The molecule has 1 amide bonds. The van der Waals surface area contributed by atoms with Gasteiger partial charge < -0.3 is 15.8 Å². The van der Waals surface area contributed by atoms with Crippen LogP contribution in [-0.2, 0) is 19.1 Å². The Morgan fingerprint density at radius 2 is 1.69 bits per heavy atom. The fourth-order valence-electron chi connectivity index (χ4n) is 8.62. The second-order valence-corrected chi connectivity index (χ2v) is 11.8. The average Bonchev–Trinajstić information content (AvgIpc) is 3.11. The molecule has 0 aromatic heterocycles. The van der Waals surface area contributed by atoms with Crippen molar-refractivity contribution in [3.8, 4) is 0 Å². The molecule has 0 spiro atoms. The molecule has 0 radical (unpaired) electrons. The van der Waals surface area contributed by atoms with Gasteiger partial charge in [0.2, 0.25) is 5.91 Å². The van der Waals surface area contributed by atoms with Crippen molar-refractivity contribution in [3.05, 3.63) is 0 Å². The maximum absolute atomic E-state index is 12.5. The molecular formula is C26H42N2O4. The number of Topliss-reactive ketones (excluding diaryl/α,β-unsaturated/α-hetero) is 1. The topological polar surface area (TPSA) is 98.5 Å². The zero-order valence-corrected chi connectivity index (χ0v) is 20.3. The summed E-state index contributed by atoms with van der Waals surface area (Å²) in [5.74, 6) is 2.70. The van der Waals surface area contributed by atoms with Crippen LogP contribution in [0.3, 0.4) is 0 Å². The van der Waals surface area contributed by atoms with Gasteiger partial charge in [0.05, 0.1) is 6.54 Å². The predicted molar refractivity (Wildman–Crippen MR) is 122 cm³/mol. The Kier molecular flexibility index (Phi) is 6.47. The molecule has 0 aromatic carbocycles. The number of nitrogens with one attached hydrogen (secondary N) is 1. The predicted octanol–water partition coefficient (Wildman–Crippen LogP) is 3.61. The molecule has 0 bridgehead atoms. The highest BCUT2D eigenvalue weighted by atomic mass is 16.5. The lowest BCUT2D eigenvalue weighted by molar-refractivity contribution is -0.165. The third-order valence-electron chi connectivity index (χ3n) is 10.3. The number of hydrogen-bond acceptors (Lipinski definition) is 5. The number of esters is 1. The molecule has 0 saturated heterocycles. The lowest BCUT2D eigenvalue weighted by Crippen LogP contribution is -2.54. The molecule has 6 nitrogen and oxygen atoms in total. The van der Waals surface area contributed by atoms with Crippen LogP contribution in [-0.4, -0.2) is 36.4 Å².